The molecule has 0 N–H and O–H groups in total. The molecule has 1 fully saturated rings. The fourth-order valence-corrected chi connectivity index (χ4v) is 4.08. The van der Waals surface area contributed by atoms with Gasteiger partial charge in [-0.05, 0) is 51.1 Å². The van der Waals surface area contributed by atoms with E-state index in [0.717, 1.165) is 10.6 Å². The molecule has 11 nitrogen and oxygen atoms in total. The minimum Gasteiger partial charge on any atom is -0.489 e. The Balaban J connectivity index is 1.80. The van der Waals surface area contributed by atoms with Crippen LogP contribution in [0.4, 0.5) is 16.3 Å². The number of amides is 2. The molecule has 0 saturated carbocycles. The topological polar surface area (TPSA) is 112 Å². The molecule has 0 aliphatic carbocycles. The van der Waals surface area contributed by atoms with E-state index in [1.54, 1.807) is 74.1 Å². The van der Waals surface area contributed by atoms with Crippen LogP contribution in [-0.4, -0.2) is 70.3 Å². The Hall–Kier alpha value is -4.51. The lowest BCUT2D eigenvalue weighted by Crippen LogP contribution is -2.42. The molecule has 3 heterocycles. The standard InChI is InChI=1S/C29H34N6O5/c1-6-13-34-20-30-32-26(34)23-9-8-10-25(31-23)35(28(37)40-29(3,4)5)27(36)22-19-21(33-14-17-38-18-15-33)11-12-24(22)39-16-7-2/h6-12,19-20H,1-2,13-18H2,3-5H3. The van der Waals surface area contributed by atoms with Crippen LogP contribution in [0.3, 0.4) is 0 Å². The van der Waals surface area contributed by atoms with E-state index in [-0.39, 0.29) is 18.0 Å². The molecule has 1 aliphatic heterocycles. The Morgan fingerprint density at radius 2 is 1.90 bits per heavy atom. The van der Waals surface area contributed by atoms with Crippen LogP contribution < -0.4 is 14.5 Å². The summed E-state index contributed by atoms with van der Waals surface area (Å²) < 4.78 is 18.7. The molecule has 0 unspecified atom stereocenters. The van der Waals surface area contributed by atoms with Crippen LogP contribution in [0.15, 0.2) is 68.0 Å². The first-order valence-electron chi connectivity index (χ1n) is 13.0. The second-order valence-electron chi connectivity index (χ2n) is 9.98. The summed E-state index contributed by atoms with van der Waals surface area (Å²) in [7, 11) is 0. The van der Waals surface area contributed by atoms with Gasteiger partial charge in [0.25, 0.3) is 5.91 Å². The van der Waals surface area contributed by atoms with Gasteiger partial charge in [-0.25, -0.2) is 9.78 Å². The number of hydrogen-bond donors (Lipinski definition) is 0. The van der Waals surface area contributed by atoms with Crippen molar-refractivity contribution < 1.29 is 23.8 Å². The maximum absolute atomic E-state index is 14.2. The smallest absolute Gasteiger partial charge is 0.423 e. The molecular formula is C29H34N6O5. The molecule has 11 heteroatoms. The van der Waals surface area contributed by atoms with Gasteiger partial charge in [0.2, 0.25) is 0 Å². The number of rotatable bonds is 9. The van der Waals surface area contributed by atoms with E-state index >= 15 is 0 Å². The number of anilines is 2. The molecule has 3 aromatic rings. The SMILES string of the molecule is C=CCOc1ccc(N2CCOCC2)cc1C(=O)N(C(=O)OC(C)(C)C)c1cccc(-c2nncn2CC=C)n1. The van der Waals surface area contributed by atoms with Crippen molar-refractivity contribution in [2.45, 2.75) is 32.9 Å². The first-order chi connectivity index (χ1) is 19.2. The van der Waals surface area contributed by atoms with E-state index in [1.807, 2.05) is 6.07 Å². The van der Waals surface area contributed by atoms with Crippen LogP contribution in [0.2, 0.25) is 0 Å². The highest BCUT2D eigenvalue weighted by atomic mass is 16.6. The van der Waals surface area contributed by atoms with Crippen LogP contribution in [0.5, 0.6) is 5.75 Å². The maximum atomic E-state index is 14.2. The monoisotopic (exact) mass is 546 g/mol. The summed E-state index contributed by atoms with van der Waals surface area (Å²) >= 11 is 0. The first-order valence-corrected chi connectivity index (χ1v) is 13.0. The Bertz CT molecular complexity index is 1370. The zero-order chi connectivity index (χ0) is 28.7. The van der Waals surface area contributed by atoms with Crippen molar-refractivity contribution in [3.63, 3.8) is 0 Å². The third-order valence-electron chi connectivity index (χ3n) is 5.84. The van der Waals surface area contributed by atoms with Crippen LogP contribution in [-0.2, 0) is 16.0 Å². The molecule has 0 atom stereocenters. The van der Waals surface area contributed by atoms with Crippen molar-refractivity contribution in [1.29, 1.82) is 0 Å². The normalized spacial score (nSPS) is 13.4. The van der Waals surface area contributed by atoms with Gasteiger partial charge in [-0.2, -0.15) is 4.90 Å². The molecule has 210 valence electrons. The van der Waals surface area contributed by atoms with E-state index in [1.165, 1.54) is 0 Å². The molecular weight excluding hydrogens is 512 g/mol. The summed E-state index contributed by atoms with van der Waals surface area (Å²) in [4.78, 5) is 35.5. The fraction of sp³-hybridized carbons (Fsp3) is 0.345. The van der Waals surface area contributed by atoms with Gasteiger partial charge in [0.15, 0.2) is 5.82 Å². The predicted molar refractivity (Wildman–Crippen MR) is 152 cm³/mol. The number of aromatic nitrogens is 4. The highest BCUT2D eigenvalue weighted by molar-refractivity contribution is 6.20. The van der Waals surface area contributed by atoms with Crippen molar-refractivity contribution in [3.8, 4) is 17.3 Å². The number of nitrogens with zero attached hydrogens (tertiary/aromatic N) is 6. The minimum absolute atomic E-state index is 0.0661. The highest BCUT2D eigenvalue weighted by Gasteiger charge is 2.33. The van der Waals surface area contributed by atoms with Crippen molar-refractivity contribution >= 4 is 23.5 Å². The van der Waals surface area contributed by atoms with Gasteiger partial charge in [-0.15, -0.1) is 16.8 Å². The predicted octanol–water partition coefficient (Wildman–Crippen LogP) is 4.51. The number of pyridine rings is 1. The Morgan fingerprint density at radius 3 is 2.60 bits per heavy atom. The third-order valence-corrected chi connectivity index (χ3v) is 5.84. The van der Waals surface area contributed by atoms with Crippen LogP contribution in [0, 0.1) is 0 Å². The van der Waals surface area contributed by atoms with E-state index in [0.29, 0.717) is 50.1 Å². The van der Waals surface area contributed by atoms with Gasteiger partial charge >= 0.3 is 6.09 Å². The average molecular weight is 547 g/mol. The van der Waals surface area contributed by atoms with Crippen molar-refractivity contribution in [1.82, 2.24) is 19.7 Å². The highest BCUT2D eigenvalue weighted by Crippen LogP contribution is 2.30. The van der Waals surface area contributed by atoms with Gasteiger partial charge in [-0.3, -0.25) is 4.79 Å². The maximum Gasteiger partial charge on any atom is 0.423 e. The van der Waals surface area contributed by atoms with Gasteiger partial charge in [0, 0.05) is 25.3 Å². The summed E-state index contributed by atoms with van der Waals surface area (Å²) in [5.41, 5.74) is 0.540. The number of imide groups is 1. The molecule has 1 aliphatic rings. The van der Waals surface area contributed by atoms with Crippen LogP contribution in [0.25, 0.3) is 11.5 Å². The largest absolute Gasteiger partial charge is 0.489 e. The zero-order valence-electron chi connectivity index (χ0n) is 23.1. The Morgan fingerprint density at radius 1 is 1.12 bits per heavy atom. The van der Waals surface area contributed by atoms with Crippen molar-refractivity contribution in [2.75, 3.05) is 42.7 Å². The molecule has 4 rings (SSSR count). The quantitative estimate of drug-likeness (QED) is 0.358. The number of carbonyl (C=O) groups excluding carboxylic acids is 2. The summed E-state index contributed by atoms with van der Waals surface area (Å²) in [6.07, 6.45) is 3.98. The molecule has 2 aromatic heterocycles. The Labute approximate surface area is 233 Å². The van der Waals surface area contributed by atoms with Gasteiger partial charge in [-0.1, -0.05) is 24.8 Å². The molecule has 1 saturated heterocycles. The van der Waals surface area contributed by atoms with Gasteiger partial charge < -0.3 is 23.7 Å². The number of ether oxygens (including phenoxy) is 3. The second-order valence-corrected chi connectivity index (χ2v) is 9.98. The van der Waals surface area contributed by atoms with E-state index < -0.39 is 17.6 Å². The molecule has 0 bridgehead atoms. The third kappa shape index (κ3) is 6.73. The molecule has 0 radical (unpaired) electrons. The summed E-state index contributed by atoms with van der Waals surface area (Å²) in [5.74, 6) is 0.178. The molecule has 0 spiro atoms. The molecule has 40 heavy (non-hydrogen) atoms. The van der Waals surface area contributed by atoms with Gasteiger partial charge in [0.05, 0.1) is 18.8 Å². The zero-order valence-corrected chi connectivity index (χ0v) is 23.1. The Kier molecular flexibility index (Phi) is 8.95. The van der Waals surface area contributed by atoms with Crippen LogP contribution in [0.1, 0.15) is 31.1 Å². The number of benzene rings is 1. The van der Waals surface area contributed by atoms with E-state index in [2.05, 4.69) is 33.2 Å². The minimum atomic E-state index is -0.874. The lowest BCUT2D eigenvalue weighted by molar-refractivity contribution is 0.0562. The summed E-state index contributed by atoms with van der Waals surface area (Å²) in [6.45, 7) is 15.8. The molecule has 2 amide bonds. The van der Waals surface area contributed by atoms with Gasteiger partial charge in [0.1, 0.15) is 35.8 Å². The summed E-state index contributed by atoms with van der Waals surface area (Å²) in [6, 6.07) is 10.3. The molecule has 1 aromatic carbocycles. The number of hydrogen-bond acceptors (Lipinski definition) is 9. The van der Waals surface area contributed by atoms with Crippen LogP contribution >= 0.6 is 0 Å². The van der Waals surface area contributed by atoms with E-state index in [4.69, 9.17) is 14.2 Å². The number of morpholine rings is 1. The average Bonchev–Trinajstić information content (AvgIpc) is 3.40. The fourth-order valence-electron chi connectivity index (χ4n) is 4.08. The first kappa shape index (κ1) is 28.5. The number of allylic oxidation sites excluding steroid dienone is 1. The lowest BCUT2D eigenvalue weighted by atomic mass is 10.1. The number of carbonyl (C=O) groups is 2. The summed E-state index contributed by atoms with van der Waals surface area (Å²) in [5, 5.41) is 8.13. The van der Waals surface area contributed by atoms with E-state index in [9.17, 15) is 9.59 Å². The lowest BCUT2D eigenvalue weighted by Gasteiger charge is -2.30. The van der Waals surface area contributed by atoms with Crippen molar-refractivity contribution in [3.05, 3.63) is 73.6 Å². The second kappa shape index (κ2) is 12.6. The van der Waals surface area contributed by atoms with Crippen molar-refractivity contribution in [2.24, 2.45) is 0 Å².